The predicted molar refractivity (Wildman–Crippen MR) is 64.2 cm³/mol. The number of aromatic nitrogens is 2. The molecule has 0 spiro atoms. The number of benzene rings is 1. The maximum absolute atomic E-state index is 5.65. The van der Waals surface area contributed by atoms with Crippen LogP contribution in [0.4, 0.5) is 0 Å². The third-order valence-corrected chi connectivity index (χ3v) is 2.59. The first-order valence-electron chi connectivity index (χ1n) is 5.57. The molecule has 0 aliphatic heterocycles. The van der Waals surface area contributed by atoms with Crippen molar-refractivity contribution in [1.29, 1.82) is 0 Å². The topological polar surface area (TPSA) is 53.1 Å². The molecule has 1 atom stereocenters. The van der Waals surface area contributed by atoms with Gasteiger partial charge in [-0.15, -0.1) is 0 Å². The highest BCUT2D eigenvalue weighted by atomic mass is 16.5. The Bertz CT molecular complexity index is 452. The van der Waals surface area contributed by atoms with Crippen molar-refractivity contribution in [3.8, 4) is 0 Å². The molecule has 4 nitrogen and oxygen atoms in total. The molecule has 0 saturated heterocycles. The van der Waals surface area contributed by atoms with Crippen molar-refractivity contribution < 1.29 is 4.74 Å². The van der Waals surface area contributed by atoms with E-state index in [-0.39, 0.29) is 6.10 Å². The Morgan fingerprint density at radius 2 is 2.25 bits per heavy atom. The van der Waals surface area contributed by atoms with Gasteiger partial charge in [-0.1, -0.05) is 18.2 Å². The Kier molecular flexibility index (Phi) is 3.54. The van der Waals surface area contributed by atoms with E-state index in [9.17, 15) is 0 Å². The number of hydrogen-bond acceptors (Lipinski definition) is 3. The summed E-state index contributed by atoms with van der Waals surface area (Å²) in [6, 6.07) is 8.13. The fourth-order valence-electron chi connectivity index (χ4n) is 1.80. The largest absolute Gasteiger partial charge is 0.375 e. The molecule has 0 saturated carbocycles. The highest BCUT2D eigenvalue weighted by molar-refractivity contribution is 5.78. The van der Waals surface area contributed by atoms with Gasteiger partial charge in [0.25, 0.3) is 0 Å². The monoisotopic (exact) mass is 219 g/mol. The van der Waals surface area contributed by atoms with Crippen LogP contribution in [0.25, 0.3) is 10.9 Å². The molecule has 1 heterocycles. The third kappa shape index (κ3) is 2.23. The van der Waals surface area contributed by atoms with E-state index in [0.717, 1.165) is 10.9 Å². The Hall–Kier alpha value is -1.39. The van der Waals surface area contributed by atoms with Crippen molar-refractivity contribution in [2.24, 2.45) is 5.73 Å². The summed E-state index contributed by atoms with van der Waals surface area (Å²) in [5, 5.41) is 5.49. The van der Waals surface area contributed by atoms with Crippen molar-refractivity contribution in [3.05, 3.63) is 30.5 Å². The highest BCUT2D eigenvalue weighted by Gasteiger charge is 2.09. The van der Waals surface area contributed by atoms with E-state index in [1.165, 1.54) is 0 Å². The van der Waals surface area contributed by atoms with Crippen molar-refractivity contribution in [1.82, 2.24) is 9.78 Å². The van der Waals surface area contributed by atoms with Gasteiger partial charge in [-0.3, -0.25) is 4.68 Å². The molecule has 1 aromatic carbocycles. The summed E-state index contributed by atoms with van der Waals surface area (Å²) in [5.74, 6) is 0. The minimum atomic E-state index is 0.0355. The molecule has 4 heteroatoms. The zero-order valence-electron chi connectivity index (χ0n) is 9.47. The molecular formula is C12H17N3O. The molecule has 16 heavy (non-hydrogen) atoms. The molecule has 2 rings (SSSR count). The number of fused-ring (bicyclic) bond motifs is 1. The molecule has 0 amide bonds. The summed E-state index contributed by atoms with van der Waals surface area (Å²) >= 11 is 0. The van der Waals surface area contributed by atoms with Crippen LogP contribution in [-0.2, 0) is 11.3 Å². The quantitative estimate of drug-likeness (QED) is 0.827. The second-order valence-corrected chi connectivity index (χ2v) is 3.70. The zero-order valence-corrected chi connectivity index (χ0v) is 9.47. The summed E-state index contributed by atoms with van der Waals surface area (Å²) in [6.07, 6.45) is 1.91. The van der Waals surface area contributed by atoms with Gasteiger partial charge in [0.15, 0.2) is 0 Å². The van der Waals surface area contributed by atoms with Gasteiger partial charge in [-0.25, -0.2) is 0 Å². The lowest BCUT2D eigenvalue weighted by Crippen LogP contribution is -2.29. The summed E-state index contributed by atoms with van der Waals surface area (Å²) in [6.45, 7) is 3.88. The maximum Gasteiger partial charge on any atom is 0.0892 e. The number of ether oxygens (including phenoxy) is 1. The summed E-state index contributed by atoms with van der Waals surface area (Å²) in [7, 11) is 0. The van der Waals surface area contributed by atoms with Gasteiger partial charge >= 0.3 is 0 Å². The van der Waals surface area contributed by atoms with Gasteiger partial charge in [0.05, 0.1) is 24.4 Å². The molecule has 1 unspecified atom stereocenters. The molecule has 2 aromatic rings. The van der Waals surface area contributed by atoms with Crippen LogP contribution in [0.2, 0.25) is 0 Å². The number of nitrogens with zero attached hydrogens (tertiary/aromatic N) is 2. The number of nitrogens with two attached hydrogens (primary N) is 1. The van der Waals surface area contributed by atoms with E-state index >= 15 is 0 Å². The SMILES string of the molecule is CCOC(CN)Cn1ncc2ccccc21. The van der Waals surface area contributed by atoms with Crippen molar-refractivity contribution in [2.45, 2.75) is 19.6 Å². The van der Waals surface area contributed by atoms with Crippen LogP contribution in [0.1, 0.15) is 6.92 Å². The Morgan fingerprint density at radius 3 is 3.00 bits per heavy atom. The van der Waals surface area contributed by atoms with Gasteiger partial charge in [0, 0.05) is 18.5 Å². The normalized spacial score (nSPS) is 13.1. The van der Waals surface area contributed by atoms with Gasteiger partial charge in [0.1, 0.15) is 0 Å². The van der Waals surface area contributed by atoms with Gasteiger partial charge in [-0.05, 0) is 13.0 Å². The zero-order chi connectivity index (χ0) is 11.4. The molecule has 0 fully saturated rings. The molecule has 0 bridgehead atoms. The minimum absolute atomic E-state index is 0.0355. The van der Waals surface area contributed by atoms with Gasteiger partial charge in [0.2, 0.25) is 0 Å². The fraction of sp³-hybridized carbons (Fsp3) is 0.417. The first-order valence-corrected chi connectivity index (χ1v) is 5.57. The lowest BCUT2D eigenvalue weighted by Gasteiger charge is -2.15. The average Bonchev–Trinajstić information content (AvgIpc) is 2.72. The second-order valence-electron chi connectivity index (χ2n) is 3.70. The number of hydrogen-bond donors (Lipinski definition) is 1. The minimum Gasteiger partial charge on any atom is -0.375 e. The van der Waals surface area contributed by atoms with Crippen molar-refractivity contribution in [2.75, 3.05) is 13.2 Å². The third-order valence-electron chi connectivity index (χ3n) is 2.59. The highest BCUT2D eigenvalue weighted by Crippen LogP contribution is 2.13. The van der Waals surface area contributed by atoms with Crippen LogP contribution in [-0.4, -0.2) is 29.0 Å². The lowest BCUT2D eigenvalue weighted by molar-refractivity contribution is 0.0552. The maximum atomic E-state index is 5.65. The van der Waals surface area contributed by atoms with E-state index in [4.69, 9.17) is 10.5 Å². The molecule has 0 radical (unpaired) electrons. The molecule has 2 N–H and O–H groups in total. The molecule has 0 aliphatic carbocycles. The Morgan fingerprint density at radius 1 is 1.44 bits per heavy atom. The first-order chi connectivity index (χ1) is 7.85. The van der Waals surface area contributed by atoms with Gasteiger partial charge < -0.3 is 10.5 Å². The summed E-state index contributed by atoms with van der Waals surface area (Å²) in [5.41, 5.74) is 6.78. The van der Waals surface area contributed by atoms with E-state index in [1.807, 2.05) is 29.9 Å². The Balaban J connectivity index is 2.20. The van der Waals surface area contributed by atoms with E-state index in [2.05, 4.69) is 17.2 Å². The molecule has 0 aliphatic rings. The predicted octanol–water partition coefficient (Wildman–Crippen LogP) is 1.40. The fourth-order valence-corrected chi connectivity index (χ4v) is 1.80. The van der Waals surface area contributed by atoms with Crippen LogP contribution >= 0.6 is 0 Å². The summed E-state index contributed by atoms with van der Waals surface area (Å²) in [4.78, 5) is 0. The van der Waals surface area contributed by atoms with E-state index in [0.29, 0.717) is 19.7 Å². The standard InChI is InChI=1S/C12H17N3O/c1-2-16-11(7-13)9-15-12-6-4-3-5-10(12)8-14-15/h3-6,8,11H,2,7,9,13H2,1H3. The number of para-hydroxylation sites is 1. The molecular weight excluding hydrogens is 202 g/mol. The van der Waals surface area contributed by atoms with Crippen molar-refractivity contribution in [3.63, 3.8) is 0 Å². The van der Waals surface area contributed by atoms with E-state index in [1.54, 1.807) is 0 Å². The van der Waals surface area contributed by atoms with Crippen LogP contribution in [0, 0.1) is 0 Å². The molecule has 86 valence electrons. The van der Waals surface area contributed by atoms with E-state index < -0.39 is 0 Å². The van der Waals surface area contributed by atoms with Gasteiger partial charge in [-0.2, -0.15) is 5.10 Å². The average molecular weight is 219 g/mol. The lowest BCUT2D eigenvalue weighted by atomic mass is 10.2. The van der Waals surface area contributed by atoms with Crippen LogP contribution in [0.3, 0.4) is 0 Å². The second kappa shape index (κ2) is 5.09. The van der Waals surface area contributed by atoms with Crippen LogP contribution in [0.5, 0.6) is 0 Å². The van der Waals surface area contributed by atoms with Crippen LogP contribution in [0.15, 0.2) is 30.5 Å². The smallest absolute Gasteiger partial charge is 0.0892 e. The first kappa shape index (κ1) is 11.1. The summed E-state index contributed by atoms with van der Waals surface area (Å²) < 4.78 is 7.47. The molecule has 1 aromatic heterocycles. The van der Waals surface area contributed by atoms with Crippen molar-refractivity contribution >= 4 is 10.9 Å². The Labute approximate surface area is 95.0 Å². The number of rotatable bonds is 5. The van der Waals surface area contributed by atoms with Crippen LogP contribution < -0.4 is 5.73 Å².